The van der Waals surface area contributed by atoms with Crippen LogP contribution in [0.25, 0.3) is 11.2 Å². The topological polar surface area (TPSA) is 131 Å². The van der Waals surface area contributed by atoms with Crippen molar-refractivity contribution in [2.45, 2.75) is 71.9 Å². The van der Waals surface area contributed by atoms with Crippen molar-refractivity contribution >= 4 is 23.0 Å². The number of nitrogens with one attached hydrogen (secondary N) is 3. The molecule has 10 nitrogen and oxygen atoms in total. The summed E-state index contributed by atoms with van der Waals surface area (Å²) in [5.41, 5.74) is 5.02. The van der Waals surface area contributed by atoms with Gasteiger partial charge < -0.3 is 4.57 Å². The van der Waals surface area contributed by atoms with Crippen LogP contribution in [0.15, 0.2) is 39.9 Å². The lowest BCUT2D eigenvalue weighted by molar-refractivity contribution is -0.121. The van der Waals surface area contributed by atoms with Crippen molar-refractivity contribution < 1.29 is 9.59 Å². The number of unbranched alkanes of at least 4 members (excludes halogenated alkanes) is 3. The van der Waals surface area contributed by atoms with Crippen LogP contribution >= 0.6 is 0 Å². The highest BCUT2D eigenvalue weighted by molar-refractivity contribution is 5.95. The zero-order valence-electron chi connectivity index (χ0n) is 19.7. The maximum atomic E-state index is 12.7. The summed E-state index contributed by atoms with van der Waals surface area (Å²) >= 11 is 0. The first-order valence-electron chi connectivity index (χ1n) is 11.8. The number of rotatable bonds is 11. The number of H-pyrrole nitrogens is 1. The molecule has 3 rings (SSSR count). The normalized spacial score (nSPS) is 11.0. The number of benzene rings is 1. The largest absolute Gasteiger partial charge is 0.330 e. The molecule has 3 aromatic rings. The summed E-state index contributed by atoms with van der Waals surface area (Å²) in [4.78, 5) is 56.6. The highest BCUT2D eigenvalue weighted by atomic mass is 16.2. The number of hydrazine groups is 1. The van der Waals surface area contributed by atoms with E-state index in [4.69, 9.17) is 0 Å². The third-order valence-electron chi connectivity index (χ3n) is 5.61. The minimum absolute atomic E-state index is 0.0588. The van der Waals surface area contributed by atoms with E-state index >= 15 is 0 Å². The highest BCUT2D eigenvalue weighted by Gasteiger charge is 2.19. The first-order chi connectivity index (χ1) is 16.5. The number of fused-ring (bicyclic) bond motifs is 1. The Morgan fingerprint density at radius 2 is 1.65 bits per heavy atom. The lowest BCUT2D eigenvalue weighted by atomic mass is 10.2. The molecule has 0 fully saturated rings. The predicted octanol–water partition coefficient (Wildman–Crippen LogP) is 2.27. The number of amides is 2. The first kappa shape index (κ1) is 24.9. The van der Waals surface area contributed by atoms with E-state index in [2.05, 4.69) is 27.7 Å². The Balaban J connectivity index is 1.79. The molecule has 2 amide bonds. The van der Waals surface area contributed by atoms with E-state index in [1.165, 1.54) is 4.57 Å². The van der Waals surface area contributed by atoms with Gasteiger partial charge in [0.1, 0.15) is 5.82 Å². The molecule has 0 saturated carbocycles. The van der Waals surface area contributed by atoms with E-state index in [0.717, 1.165) is 32.1 Å². The maximum absolute atomic E-state index is 12.7. The first-order valence-corrected chi connectivity index (χ1v) is 11.8. The van der Waals surface area contributed by atoms with Crippen LogP contribution in [0.5, 0.6) is 0 Å². The average Bonchev–Trinajstić information content (AvgIpc) is 3.20. The SMILES string of the molecule is CCCCCn1c(CCC(=O)NNC(=O)c2ccccc2)nc2c1c(=O)[nH]c(=O)n2CCCC. The molecule has 2 aromatic heterocycles. The van der Waals surface area contributed by atoms with Crippen LogP contribution in [0, 0.1) is 0 Å². The van der Waals surface area contributed by atoms with Crippen LogP contribution in [0.1, 0.15) is 68.6 Å². The Kier molecular flexibility index (Phi) is 8.78. The molecule has 34 heavy (non-hydrogen) atoms. The highest BCUT2D eigenvalue weighted by Crippen LogP contribution is 2.15. The number of hydrogen-bond donors (Lipinski definition) is 3. The second-order valence-corrected chi connectivity index (χ2v) is 8.19. The van der Waals surface area contributed by atoms with Crippen LogP contribution < -0.4 is 22.1 Å². The minimum atomic E-state index is -0.475. The molecule has 0 spiro atoms. The number of nitrogens with zero attached hydrogens (tertiary/aromatic N) is 3. The van der Waals surface area contributed by atoms with Gasteiger partial charge in [-0.3, -0.25) is 34.8 Å². The van der Waals surface area contributed by atoms with Crippen LogP contribution in [0.4, 0.5) is 0 Å². The molecule has 0 unspecified atom stereocenters. The van der Waals surface area contributed by atoms with E-state index in [1.807, 2.05) is 11.5 Å². The lowest BCUT2D eigenvalue weighted by Gasteiger charge is -2.10. The summed E-state index contributed by atoms with van der Waals surface area (Å²) in [6.45, 7) is 5.15. The second kappa shape index (κ2) is 12.0. The Morgan fingerprint density at radius 3 is 2.35 bits per heavy atom. The maximum Gasteiger partial charge on any atom is 0.330 e. The van der Waals surface area contributed by atoms with Gasteiger partial charge in [0.05, 0.1) is 0 Å². The number of carbonyl (C=O) groups excluding carboxylic acids is 2. The van der Waals surface area contributed by atoms with Crippen molar-refractivity contribution in [2.75, 3.05) is 0 Å². The molecule has 182 valence electrons. The number of aromatic nitrogens is 4. The summed E-state index contributed by atoms with van der Waals surface area (Å²) in [6, 6.07) is 8.57. The molecule has 0 aliphatic rings. The molecule has 0 saturated heterocycles. The monoisotopic (exact) mass is 468 g/mol. The molecular formula is C24H32N6O4. The van der Waals surface area contributed by atoms with Gasteiger partial charge in [-0.2, -0.15) is 0 Å². The van der Waals surface area contributed by atoms with Crippen LogP contribution in [0.2, 0.25) is 0 Å². The summed E-state index contributed by atoms with van der Waals surface area (Å²) in [5, 5.41) is 0. The van der Waals surface area contributed by atoms with E-state index < -0.39 is 17.2 Å². The Labute approximate surface area is 197 Å². The average molecular weight is 469 g/mol. The molecule has 10 heteroatoms. The molecule has 2 heterocycles. The Morgan fingerprint density at radius 1 is 0.941 bits per heavy atom. The van der Waals surface area contributed by atoms with Gasteiger partial charge >= 0.3 is 5.69 Å². The number of imidazole rings is 1. The minimum Gasteiger partial charge on any atom is -0.322 e. The van der Waals surface area contributed by atoms with E-state index in [9.17, 15) is 19.2 Å². The van der Waals surface area contributed by atoms with Crippen molar-refractivity contribution in [2.24, 2.45) is 0 Å². The van der Waals surface area contributed by atoms with Gasteiger partial charge in [-0.1, -0.05) is 51.3 Å². The van der Waals surface area contributed by atoms with Crippen molar-refractivity contribution in [3.05, 3.63) is 62.6 Å². The standard InChI is InChI=1S/C24H32N6O4/c1-3-5-10-16-29-18(13-14-19(31)27-28-22(32)17-11-8-7-9-12-17)25-21-20(29)23(33)26-24(34)30(21)15-6-4-2/h7-9,11-12H,3-6,10,13-16H2,1-2H3,(H,27,31)(H,28,32)(H,26,33,34). The summed E-state index contributed by atoms with van der Waals surface area (Å²) in [7, 11) is 0. The van der Waals surface area contributed by atoms with Gasteiger partial charge in [0, 0.05) is 31.5 Å². The van der Waals surface area contributed by atoms with Crippen molar-refractivity contribution in [3.63, 3.8) is 0 Å². The molecule has 0 atom stereocenters. The summed E-state index contributed by atoms with van der Waals surface area (Å²) in [5.74, 6) is -0.224. The number of hydrogen-bond acceptors (Lipinski definition) is 5. The second-order valence-electron chi connectivity index (χ2n) is 8.19. The van der Waals surface area contributed by atoms with E-state index in [1.54, 1.807) is 30.3 Å². The molecule has 0 aliphatic heterocycles. The number of aryl methyl sites for hydroxylation is 3. The molecule has 0 bridgehead atoms. The van der Waals surface area contributed by atoms with Gasteiger partial charge in [-0.25, -0.2) is 9.78 Å². The zero-order valence-corrected chi connectivity index (χ0v) is 19.7. The van der Waals surface area contributed by atoms with Gasteiger partial charge in [0.25, 0.3) is 11.5 Å². The summed E-state index contributed by atoms with van der Waals surface area (Å²) < 4.78 is 3.32. The van der Waals surface area contributed by atoms with E-state index in [-0.39, 0.29) is 18.7 Å². The molecule has 0 radical (unpaired) electrons. The van der Waals surface area contributed by atoms with Gasteiger partial charge in [0.2, 0.25) is 5.91 Å². The van der Waals surface area contributed by atoms with E-state index in [0.29, 0.717) is 35.6 Å². The van der Waals surface area contributed by atoms with Crippen LogP contribution in [-0.2, 0) is 24.3 Å². The Bertz CT molecular complexity index is 1240. The third kappa shape index (κ3) is 6.00. The fourth-order valence-corrected chi connectivity index (χ4v) is 3.77. The number of aromatic amines is 1. The Hall–Kier alpha value is -3.69. The zero-order chi connectivity index (χ0) is 24.5. The number of carbonyl (C=O) groups is 2. The fourth-order valence-electron chi connectivity index (χ4n) is 3.77. The van der Waals surface area contributed by atoms with Crippen molar-refractivity contribution in [1.82, 2.24) is 30.0 Å². The fraction of sp³-hybridized carbons (Fsp3) is 0.458. The molecule has 3 N–H and O–H groups in total. The molecule has 0 aliphatic carbocycles. The smallest absolute Gasteiger partial charge is 0.322 e. The van der Waals surface area contributed by atoms with Gasteiger partial charge in [-0.15, -0.1) is 0 Å². The predicted molar refractivity (Wildman–Crippen MR) is 129 cm³/mol. The molecular weight excluding hydrogens is 436 g/mol. The third-order valence-corrected chi connectivity index (χ3v) is 5.61. The quantitative estimate of drug-likeness (QED) is 0.293. The summed E-state index contributed by atoms with van der Waals surface area (Å²) in [6.07, 6.45) is 4.84. The lowest BCUT2D eigenvalue weighted by Crippen LogP contribution is -2.41. The van der Waals surface area contributed by atoms with Crippen LogP contribution in [-0.4, -0.2) is 30.9 Å². The van der Waals surface area contributed by atoms with Crippen molar-refractivity contribution in [1.29, 1.82) is 0 Å². The molecule has 1 aromatic carbocycles. The van der Waals surface area contributed by atoms with Gasteiger partial charge in [0.15, 0.2) is 11.2 Å². The van der Waals surface area contributed by atoms with Crippen LogP contribution in [0.3, 0.4) is 0 Å². The van der Waals surface area contributed by atoms with Crippen molar-refractivity contribution in [3.8, 4) is 0 Å². The van der Waals surface area contributed by atoms with Gasteiger partial charge in [-0.05, 0) is 25.0 Å².